The van der Waals surface area contributed by atoms with E-state index in [2.05, 4.69) is 21.2 Å². The number of hydrogen-bond acceptors (Lipinski definition) is 4. The lowest BCUT2D eigenvalue weighted by atomic mass is 9.98. The van der Waals surface area contributed by atoms with Gasteiger partial charge in [-0.05, 0) is 53.8 Å². The van der Waals surface area contributed by atoms with E-state index in [1.165, 1.54) is 17.4 Å². The molecule has 0 bridgehead atoms. The Morgan fingerprint density at radius 1 is 1.50 bits per heavy atom. The molecule has 1 aliphatic rings. The Bertz CT molecular complexity index is 536. The maximum absolute atomic E-state index is 12.6. The second kappa shape index (κ2) is 7.07. The molecule has 0 aliphatic carbocycles. The molecule has 1 aromatic heterocycles. The molecule has 0 radical (unpaired) electrons. The number of hydrogen-bond donors (Lipinski definition) is 1. The van der Waals surface area contributed by atoms with Gasteiger partial charge in [0.1, 0.15) is 4.21 Å². The molecular weight excluding hydrogens is 384 g/mol. The van der Waals surface area contributed by atoms with E-state index in [1.54, 1.807) is 4.31 Å². The van der Waals surface area contributed by atoms with Gasteiger partial charge in [-0.1, -0.05) is 18.5 Å². The van der Waals surface area contributed by atoms with Crippen molar-refractivity contribution in [2.45, 2.75) is 24.0 Å². The molecule has 1 N–H and O–H groups in total. The van der Waals surface area contributed by atoms with Crippen molar-refractivity contribution in [1.29, 1.82) is 0 Å². The molecule has 0 unspecified atom stereocenters. The summed E-state index contributed by atoms with van der Waals surface area (Å²) in [7, 11) is -3.44. The summed E-state index contributed by atoms with van der Waals surface area (Å²) in [4.78, 5) is 0. The van der Waals surface area contributed by atoms with Gasteiger partial charge in [-0.25, -0.2) is 8.42 Å². The van der Waals surface area contributed by atoms with Gasteiger partial charge in [0.25, 0.3) is 10.0 Å². The summed E-state index contributed by atoms with van der Waals surface area (Å²) in [6.45, 7) is 4.90. The van der Waals surface area contributed by atoms with Crippen molar-refractivity contribution in [1.82, 2.24) is 9.62 Å². The van der Waals surface area contributed by atoms with Gasteiger partial charge in [0.2, 0.25) is 0 Å². The predicted octanol–water partition coefficient (Wildman–Crippen LogP) is 3.17. The number of piperidine rings is 1. The van der Waals surface area contributed by atoms with Crippen molar-refractivity contribution in [2.24, 2.45) is 5.92 Å². The second-order valence-electron chi connectivity index (χ2n) is 4.84. The zero-order valence-corrected chi connectivity index (χ0v) is 15.2. The fraction of sp³-hybridized carbons (Fsp3) is 0.667. The van der Waals surface area contributed by atoms with E-state index < -0.39 is 10.0 Å². The Labute approximate surface area is 137 Å². The summed E-state index contributed by atoms with van der Waals surface area (Å²) in [6.07, 6.45) is 2.06. The first-order chi connectivity index (χ1) is 9.45. The van der Waals surface area contributed by atoms with Gasteiger partial charge in [0.05, 0.1) is 8.81 Å². The number of halogens is 2. The minimum Gasteiger partial charge on any atom is -0.317 e. The number of nitrogens with one attached hydrogen (secondary N) is 1. The Balaban J connectivity index is 2.16. The Morgan fingerprint density at radius 2 is 2.15 bits per heavy atom. The zero-order chi connectivity index (χ0) is 14.8. The van der Waals surface area contributed by atoms with Crippen LogP contribution in [0, 0.1) is 5.92 Å². The third-order valence-corrected chi connectivity index (χ3v) is 8.35. The van der Waals surface area contributed by atoms with E-state index in [1.807, 2.05) is 6.92 Å². The summed E-state index contributed by atoms with van der Waals surface area (Å²) in [5.74, 6) is 0.435. The SMILES string of the molecule is CCN(CC1CCNCC1)S(=O)(=O)c1cc(Cl)c(Br)s1. The van der Waals surface area contributed by atoms with Gasteiger partial charge < -0.3 is 5.32 Å². The normalized spacial score (nSPS) is 17.8. The number of rotatable bonds is 5. The van der Waals surface area contributed by atoms with Gasteiger partial charge >= 0.3 is 0 Å². The minimum absolute atomic E-state index is 0.310. The minimum atomic E-state index is -3.44. The van der Waals surface area contributed by atoms with Crippen LogP contribution in [0.2, 0.25) is 5.02 Å². The predicted molar refractivity (Wildman–Crippen MR) is 87.1 cm³/mol. The summed E-state index contributed by atoms with van der Waals surface area (Å²) < 4.78 is 27.8. The molecule has 2 rings (SSSR count). The topological polar surface area (TPSA) is 49.4 Å². The quantitative estimate of drug-likeness (QED) is 0.824. The smallest absolute Gasteiger partial charge is 0.252 e. The Kier molecular flexibility index (Phi) is 5.90. The number of nitrogens with zero attached hydrogens (tertiary/aromatic N) is 1. The highest BCUT2D eigenvalue weighted by molar-refractivity contribution is 9.11. The molecule has 8 heteroatoms. The average Bonchev–Trinajstić information content (AvgIpc) is 2.78. The highest BCUT2D eigenvalue weighted by atomic mass is 79.9. The van der Waals surface area contributed by atoms with Crippen LogP contribution in [-0.2, 0) is 10.0 Å². The van der Waals surface area contributed by atoms with Crippen LogP contribution >= 0.6 is 38.9 Å². The molecule has 1 fully saturated rings. The maximum Gasteiger partial charge on any atom is 0.252 e. The summed E-state index contributed by atoms with van der Waals surface area (Å²) in [6, 6.07) is 1.52. The van der Waals surface area contributed by atoms with Gasteiger partial charge in [0, 0.05) is 13.1 Å². The molecule has 0 spiro atoms. The van der Waals surface area contributed by atoms with E-state index >= 15 is 0 Å². The van der Waals surface area contributed by atoms with Crippen molar-refractivity contribution in [3.63, 3.8) is 0 Å². The van der Waals surface area contributed by atoms with E-state index in [-0.39, 0.29) is 0 Å². The second-order valence-corrected chi connectivity index (χ2v) is 9.78. The molecule has 4 nitrogen and oxygen atoms in total. The van der Waals surface area contributed by atoms with Crippen molar-refractivity contribution >= 4 is 48.9 Å². The first kappa shape index (κ1) is 16.7. The molecular formula is C12H18BrClN2O2S2. The zero-order valence-electron chi connectivity index (χ0n) is 11.2. The van der Waals surface area contributed by atoms with Gasteiger partial charge in [-0.15, -0.1) is 11.3 Å². The van der Waals surface area contributed by atoms with E-state index in [0.29, 0.717) is 32.0 Å². The molecule has 0 saturated carbocycles. The molecule has 0 amide bonds. The lowest BCUT2D eigenvalue weighted by Gasteiger charge is -2.28. The van der Waals surface area contributed by atoms with Crippen molar-refractivity contribution in [3.8, 4) is 0 Å². The van der Waals surface area contributed by atoms with E-state index in [4.69, 9.17) is 11.6 Å². The molecule has 0 aromatic carbocycles. The third kappa shape index (κ3) is 3.75. The van der Waals surface area contributed by atoms with E-state index in [9.17, 15) is 8.42 Å². The van der Waals surface area contributed by atoms with Gasteiger partial charge in [0.15, 0.2) is 0 Å². The molecule has 1 saturated heterocycles. The lowest BCUT2D eigenvalue weighted by molar-refractivity contribution is 0.294. The molecule has 2 heterocycles. The van der Waals surface area contributed by atoms with Crippen LogP contribution in [0.3, 0.4) is 0 Å². The maximum atomic E-state index is 12.6. The number of thiophene rings is 1. The summed E-state index contributed by atoms with van der Waals surface area (Å²) >= 11 is 10.4. The van der Waals surface area contributed by atoms with Crippen LogP contribution in [0.25, 0.3) is 0 Å². The van der Waals surface area contributed by atoms with Crippen molar-refractivity contribution < 1.29 is 8.42 Å². The number of sulfonamides is 1. The molecule has 0 atom stereocenters. The van der Waals surface area contributed by atoms with Crippen LogP contribution in [0.1, 0.15) is 19.8 Å². The molecule has 20 heavy (non-hydrogen) atoms. The Hall–Kier alpha value is 0.340. The van der Waals surface area contributed by atoms with Crippen molar-refractivity contribution in [3.05, 3.63) is 14.9 Å². The third-order valence-electron chi connectivity index (χ3n) is 3.49. The first-order valence-corrected chi connectivity index (χ1v) is 10.0. The monoisotopic (exact) mass is 400 g/mol. The molecule has 114 valence electrons. The van der Waals surface area contributed by atoms with Crippen LogP contribution < -0.4 is 5.32 Å². The summed E-state index contributed by atoms with van der Waals surface area (Å²) in [5.41, 5.74) is 0. The average molecular weight is 402 g/mol. The molecule has 1 aliphatic heterocycles. The summed E-state index contributed by atoms with van der Waals surface area (Å²) in [5, 5.41) is 3.75. The van der Waals surface area contributed by atoms with Crippen molar-refractivity contribution in [2.75, 3.05) is 26.2 Å². The van der Waals surface area contributed by atoms with E-state index in [0.717, 1.165) is 25.9 Å². The highest BCUT2D eigenvalue weighted by Gasteiger charge is 2.28. The van der Waals surface area contributed by atoms with Crippen LogP contribution in [0.5, 0.6) is 0 Å². The Morgan fingerprint density at radius 3 is 2.65 bits per heavy atom. The largest absolute Gasteiger partial charge is 0.317 e. The molecule has 1 aromatic rings. The fourth-order valence-electron chi connectivity index (χ4n) is 2.33. The fourth-order valence-corrected chi connectivity index (χ4v) is 6.41. The van der Waals surface area contributed by atoms with Crippen LogP contribution in [0.15, 0.2) is 14.1 Å². The standard InChI is InChI=1S/C12H18BrClN2O2S2/c1-2-16(8-9-3-5-15-6-4-9)20(17,18)11-7-10(14)12(13)19-11/h7,9,15H,2-6,8H2,1H3. The van der Waals surface area contributed by atoms with Gasteiger partial charge in [-0.2, -0.15) is 4.31 Å². The first-order valence-electron chi connectivity index (χ1n) is 6.61. The van der Waals surface area contributed by atoms with Crippen LogP contribution in [0.4, 0.5) is 0 Å². The van der Waals surface area contributed by atoms with Gasteiger partial charge in [-0.3, -0.25) is 0 Å². The lowest BCUT2D eigenvalue weighted by Crippen LogP contribution is -2.39. The highest BCUT2D eigenvalue weighted by Crippen LogP contribution is 2.36. The van der Waals surface area contributed by atoms with Crippen LogP contribution in [-0.4, -0.2) is 38.9 Å².